The van der Waals surface area contributed by atoms with Gasteiger partial charge in [-0.25, -0.2) is 19.2 Å². The first-order valence-electron chi connectivity index (χ1n) is 12.5. The number of esters is 1. The molecule has 1 saturated heterocycles. The number of nitrogens with one attached hydrogen (secondary N) is 1. The number of nitrogen functional groups attached to an aromatic ring is 1. The van der Waals surface area contributed by atoms with Crippen molar-refractivity contribution in [1.82, 2.24) is 19.7 Å². The van der Waals surface area contributed by atoms with Crippen LogP contribution in [0.2, 0.25) is 0 Å². The quantitative estimate of drug-likeness (QED) is 0.242. The van der Waals surface area contributed by atoms with Gasteiger partial charge in [0.1, 0.15) is 30.2 Å². The highest BCUT2D eigenvalue weighted by molar-refractivity contribution is 7.52. The molecule has 4 rings (SSSR count). The van der Waals surface area contributed by atoms with Gasteiger partial charge in [0.25, 0.3) is 0 Å². The van der Waals surface area contributed by atoms with Crippen LogP contribution in [0.5, 0.6) is 5.75 Å². The van der Waals surface area contributed by atoms with Crippen LogP contribution in [0.3, 0.4) is 0 Å². The third kappa shape index (κ3) is 7.07. The molecule has 3 aromatic rings. The Bertz CT molecular complexity index is 1220. The van der Waals surface area contributed by atoms with E-state index in [9.17, 15) is 9.36 Å². The molecule has 200 valence electrons. The summed E-state index contributed by atoms with van der Waals surface area (Å²) in [7, 11) is -3.91. The lowest BCUT2D eigenvalue weighted by Gasteiger charge is -2.22. The Morgan fingerprint density at radius 2 is 2.00 bits per heavy atom. The summed E-state index contributed by atoms with van der Waals surface area (Å²) in [6.45, 7) is 4.12. The van der Waals surface area contributed by atoms with Gasteiger partial charge in [0.2, 0.25) is 0 Å². The zero-order chi connectivity index (χ0) is 26.3. The number of hydrogen-bond acceptors (Lipinski definition) is 9. The van der Waals surface area contributed by atoms with Gasteiger partial charge in [-0.2, -0.15) is 5.10 Å². The molecule has 1 aromatic carbocycles. The standard InChI is InChI=1S/C25H34N5O6P/c1-3-18(4-2)15-33-24(31)14-29-37(32,36-19-8-6-5-7-9-19)34-16-20-10-13-23(35-20)21-11-12-22-25(26)27-17-28-30(21)22/h5-9,11-12,17-18,20,23H,3-4,10,13-16H2,1-2H3,(H,29,32)(H2,26,27,28)/t20?,23?,37-/m0/s1. The number of benzene rings is 1. The van der Waals surface area contributed by atoms with Crippen molar-refractivity contribution in [1.29, 1.82) is 0 Å². The summed E-state index contributed by atoms with van der Waals surface area (Å²) in [6, 6.07) is 12.4. The summed E-state index contributed by atoms with van der Waals surface area (Å²) < 4.78 is 38.2. The summed E-state index contributed by atoms with van der Waals surface area (Å²) in [4.78, 5) is 16.3. The molecule has 2 aromatic heterocycles. The largest absolute Gasteiger partial charge is 0.464 e. The SMILES string of the molecule is CCC(CC)COC(=O)CN[P@](=O)(OCC1CCC(c2ccc3c(N)ncnn23)O1)Oc1ccccc1. The Morgan fingerprint density at radius 1 is 1.22 bits per heavy atom. The van der Waals surface area contributed by atoms with Crippen LogP contribution >= 0.6 is 7.75 Å². The first-order valence-corrected chi connectivity index (χ1v) is 14.1. The van der Waals surface area contributed by atoms with Crippen molar-refractivity contribution in [2.75, 3.05) is 25.5 Å². The minimum absolute atomic E-state index is 0.0107. The molecule has 1 aliphatic rings. The first-order chi connectivity index (χ1) is 17.9. The highest BCUT2D eigenvalue weighted by atomic mass is 31.2. The smallest absolute Gasteiger partial charge is 0.459 e. The summed E-state index contributed by atoms with van der Waals surface area (Å²) in [5.41, 5.74) is 7.50. The number of hydrogen-bond donors (Lipinski definition) is 2. The second kappa shape index (κ2) is 12.5. The number of para-hydroxylation sites is 1. The van der Waals surface area contributed by atoms with E-state index in [0.717, 1.165) is 25.0 Å². The lowest BCUT2D eigenvalue weighted by Crippen LogP contribution is -2.28. The average Bonchev–Trinajstić information content (AvgIpc) is 3.55. The van der Waals surface area contributed by atoms with Crippen LogP contribution in [0, 0.1) is 5.92 Å². The van der Waals surface area contributed by atoms with Gasteiger partial charge >= 0.3 is 13.7 Å². The molecule has 0 saturated carbocycles. The molecule has 3 atom stereocenters. The van der Waals surface area contributed by atoms with Crippen LogP contribution in [0.1, 0.15) is 51.3 Å². The van der Waals surface area contributed by atoms with Gasteiger partial charge in [0.05, 0.1) is 25.0 Å². The predicted octanol–water partition coefficient (Wildman–Crippen LogP) is 4.30. The molecule has 0 bridgehead atoms. The highest BCUT2D eigenvalue weighted by Crippen LogP contribution is 2.45. The molecule has 0 aliphatic carbocycles. The Kier molecular flexibility index (Phi) is 9.15. The van der Waals surface area contributed by atoms with E-state index in [1.165, 1.54) is 6.33 Å². The van der Waals surface area contributed by atoms with Crippen molar-refractivity contribution in [3.05, 3.63) is 54.5 Å². The van der Waals surface area contributed by atoms with E-state index in [-0.39, 0.29) is 25.4 Å². The van der Waals surface area contributed by atoms with Crippen molar-refractivity contribution in [2.24, 2.45) is 5.92 Å². The normalized spacial score (nSPS) is 19.2. The van der Waals surface area contributed by atoms with Crippen LogP contribution in [-0.2, 0) is 23.4 Å². The lowest BCUT2D eigenvalue weighted by molar-refractivity contribution is -0.143. The molecule has 1 aliphatic heterocycles. The molecule has 0 amide bonds. The van der Waals surface area contributed by atoms with Gasteiger partial charge in [0, 0.05) is 0 Å². The van der Waals surface area contributed by atoms with E-state index in [1.807, 2.05) is 32.0 Å². The molecule has 11 nitrogen and oxygen atoms in total. The third-order valence-electron chi connectivity index (χ3n) is 6.40. The van der Waals surface area contributed by atoms with Gasteiger partial charge in [-0.3, -0.25) is 9.32 Å². The van der Waals surface area contributed by atoms with Crippen molar-refractivity contribution in [3.63, 3.8) is 0 Å². The second-order valence-corrected chi connectivity index (χ2v) is 10.7. The maximum atomic E-state index is 13.6. The van der Waals surface area contributed by atoms with Crippen LogP contribution < -0.4 is 15.3 Å². The Hall–Kier alpha value is -2.98. The van der Waals surface area contributed by atoms with Gasteiger partial charge in [-0.15, -0.1) is 0 Å². The number of carbonyl (C=O) groups excluding carboxylic acids is 1. The zero-order valence-electron chi connectivity index (χ0n) is 21.1. The number of aromatic nitrogens is 3. The van der Waals surface area contributed by atoms with Crippen LogP contribution in [-0.4, -0.2) is 46.4 Å². The Morgan fingerprint density at radius 3 is 2.76 bits per heavy atom. The Balaban J connectivity index is 1.36. The van der Waals surface area contributed by atoms with Crippen molar-refractivity contribution in [3.8, 4) is 5.75 Å². The molecule has 12 heteroatoms. The minimum atomic E-state index is -3.91. The van der Waals surface area contributed by atoms with E-state index >= 15 is 0 Å². The minimum Gasteiger partial charge on any atom is -0.464 e. The monoisotopic (exact) mass is 531 g/mol. The molecular formula is C25H34N5O6P. The lowest BCUT2D eigenvalue weighted by atomic mass is 10.1. The van der Waals surface area contributed by atoms with E-state index in [1.54, 1.807) is 28.8 Å². The molecule has 0 spiro atoms. The number of ether oxygens (including phenoxy) is 2. The summed E-state index contributed by atoms with van der Waals surface area (Å²) >= 11 is 0. The summed E-state index contributed by atoms with van der Waals surface area (Å²) in [5.74, 6) is 0.514. The molecule has 37 heavy (non-hydrogen) atoms. The number of fused-ring (bicyclic) bond motifs is 1. The number of nitrogens with zero attached hydrogens (tertiary/aromatic N) is 3. The fourth-order valence-electron chi connectivity index (χ4n) is 4.12. The summed E-state index contributed by atoms with van der Waals surface area (Å²) in [6.07, 6.45) is 4.08. The molecule has 3 heterocycles. The van der Waals surface area contributed by atoms with Crippen LogP contribution in [0.4, 0.5) is 5.82 Å². The number of anilines is 1. The third-order valence-corrected chi connectivity index (χ3v) is 7.89. The first kappa shape index (κ1) is 27.1. The van der Waals surface area contributed by atoms with Crippen molar-refractivity contribution >= 4 is 25.1 Å². The van der Waals surface area contributed by atoms with Gasteiger partial charge in [-0.1, -0.05) is 44.9 Å². The van der Waals surface area contributed by atoms with E-state index in [0.29, 0.717) is 36.0 Å². The molecule has 2 unspecified atom stereocenters. The fraction of sp³-hybridized carbons (Fsp3) is 0.480. The van der Waals surface area contributed by atoms with Crippen LogP contribution in [0.25, 0.3) is 5.52 Å². The summed E-state index contributed by atoms with van der Waals surface area (Å²) in [5, 5.41) is 6.92. The number of nitrogens with two attached hydrogens (primary N) is 1. The topological polar surface area (TPSA) is 139 Å². The Labute approximate surface area is 216 Å². The maximum Gasteiger partial charge on any atom is 0.459 e. The van der Waals surface area contributed by atoms with Gasteiger partial charge < -0.3 is 19.7 Å². The highest BCUT2D eigenvalue weighted by Gasteiger charge is 2.34. The number of rotatable bonds is 13. The van der Waals surface area contributed by atoms with Gasteiger partial charge in [0.15, 0.2) is 5.82 Å². The molecule has 3 N–H and O–H groups in total. The van der Waals surface area contributed by atoms with Crippen molar-refractivity contribution < 1.29 is 27.9 Å². The molecular weight excluding hydrogens is 497 g/mol. The zero-order valence-corrected chi connectivity index (χ0v) is 22.0. The maximum absolute atomic E-state index is 13.6. The van der Waals surface area contributed by atoms with E-state index in [2.05, 4.69) is 15.2 Å². The number of carbonyl (C=O) groups is 1. The average molecular weight is 532 g/mol. The predicted molar refractivity (Wildman–Crippen MR) is 138 cm³/mol. The molecule has 1 fully saturated rings. The second-order valence-electron chi connectivity index (χ2n) is 8.92. The van der Waals surface area contributed by atoms with Crippen molar-refractivity contribution in [2.45, 2.75) is 51.7 Å². The molecule has 0 radical (unpaired) electrons. The van der Waals surface area contributed by atoms with E-state index < -0.39 is 13.7 Å². The van der Waals surface area contributed by atoms with Gasteiger partial charge in [-0.05, 0) is 43.0 Å². The van der Waals surface area contributed by atoms with Crippen LogP contribution in [0.15, 0.2) is 48.8 Å². The van der Waals surface area contributed by atoms with E-state index in [4.69, 9.17) is 24.3 Å². The fourth-order valence-corrected chi connectivity index (χ4v) is 5.41.